The van der Waals surface area contributed by atoms with Gasteiger partial charge in [-0.25, -0.2) is 4.98 Å². The Hall–Kier alpha value is -3.07. The van der Waals surface area contributed by atoms with Crippen LogP contribution in [0.4, 0.5) is 5.69 Å². The number of fused-ring (bicyclic) bond motifs is 1. The van der Waals surface area contributed by atoms with Crippen LogP contribution < -0.4 is 10.1 Å². The standard InChI is InChI=1S/C21H18N2O/c1-15-19(18-9-5-6-10-20(18)23-15)13-16-11-12-21(22-14-16)24-17-7-3-2-4-8-17/h2-15,23H,1H3/b19-13-. The maximum absolute atomic E-state index is 5.74. The van der Waals surface area contributed by atoms with Gasteiger partial charge in [0.05, 0.1) is 0 Å². The Balaban J connectivity index is 1.57. The van der Waals surface area contributed by atoms with Gasteiger partial charge in [-0.1, -0.05) is 36.4 Å². The summed E-state index contributed by atoms with van der Waals surface area (Å²) < 4.78 is 5.74. The van der Waals surface area contributed by atoms with Crippen molar-refractivity contribution >= 4 is 17.3 Å². The van der Waals surface area contributed by atoms with E-state index in [4.69, 9.17) is 4.74 Å². The summed E-state index contributed by atoms with van der Waals surface area (Å²) in [4.78, 5) is 4.41. The quantitative estimate of drug-likeness (QED) is 0.719. The number of hydrogen-bond donors (Lipinski definition) is 1. The number of anilines is 1. The largest absolute Gasteiger partial charge is 0.439 e. The molecule has 1 N–H and O–H groups in total. The molecule has 2 heterocycles. The van der Waals surface area contributed by atoms with Crippen molar-refractivity contribution in [2.24, 2.45) is 0 Å². The van der Waals surface area contributed by atoms with E-state index in [1.807, 2.05) is 48.7 Å². The Kier molecular flexibility index (Phi) is 3.75. The highest BCUT2D eigenvalue weighted by atomic mass is 16.5. The van der Waals surface area contributed by atoms with E-state index < -0.39 is 0 Å². The summed E-state index contributed by atoms with van der Waals surface area (Å²) in [5.41, 5.74) is 4.79. The van der Waals surface area contributed by atoms with Gasteiger partial charge < -0.3 is 10.1 Å². The van der Waals surface area contributed by atoms with E-state index in [1.54, 1.807) is 0 Å². The second-order valence-electron chi connectivity index (χ2n) is 5.86. The Morgan fingerprint density at radius 2 is 1.75 bits per heavy atom. The van der Waals surface area contributed by atoms with Gasteiger partial charge in [-0.15, -0.1) is 0 Å². The highest BCUT2D eigenvalue weighted by molar-refractivity contribution is 5.94. The maximum Gasteiger partial charge on any atom is 0.219 e. The lowest BCUT2D eigenvalue weighted by molar-refractivity contribution is 0.463. The fourth-order valence-corrected chi connectivity index (χ4v) is 2.93. The summed E-state index contributed by atoms with van der Waals surface area (Å²) in [6, 6.07) is 22.3. The van der Waals surface area contributed by atoms with Gasteiger partial charge in [-0.2, -0.15) is 0 Å². The van der Waals surface area contributed by atoms with Gasteiger partial charge in [-0.3, -0.25) is 0 Å². The SMILES string of the molecule is CC1Nc2ccccc2/C1=C\c1ccc(Oc2ccccc2)nc1. The number of benzene rings is 2. The third-order valence-electron chi connectivity index (χ3n) is 4.12. The van der Waals surface area contributed by atoms with Crippen LogP contribution in [0.3, 0.4) is 0 Å². The summed E-state index contributed by atoms with van der Waals surface area (Å²) in [5, 5.41) is 3.50. The van der Waals surface area contributed by atoms with Crippen LogP contribution in [-0.2, 0) is 0 Å². The Morgan fingerprint density at radius 1 is 0.958 bits per heavy atom. The molecule has 4 rings (SSSR count). The molecular formula is C21H18N2O. The summed E-state index contributed by atoms with van der Waals surface area (Å²) >= 11 is 0. The zero-order valence-electron chi connectivity index (χ0n) is 13.4. The normalized spacial score (nSPS) is 17.4. The zero-order valence-corrected chi connectivity index (χ0v) is 13.4. The van der Waals surface area contributed by atoms with Gasteiger partial charge in [0, 0.05) is 29.6 Å². The predicted octanol–water partition coefficient (Wildman–Crippen LogP) is 5.23. The molecule has 0 spiro atoms. The lowest BCUT2D eigenvalue weighted by atomic mass is 10.0. The maximum atomic E-state index is 5.74. The number of aromatic nitrogens is 1. The summed E-state index contributed by atoms with van der Waals surface area (Å²) in [5.74, 6) is 1.39. The number of para-hydroxylation sites is 2. The highest BCUT2D eigenvalue weighted by Crippen LogP contribution is 2.36. The minimum atomic E-state index is 0.294. The smallest absolute Gasteiger partial charge is 0.219 e. The molecule has 3 aromatic rings. The second kappa shape index (κ2) is 6.20. The number of nitrogens with zero attached hydrogens (tertiary/aromatic N) is 1. The molecule has 1 aliphatic rings. The number of hydrogen-bond acceptors (Lipinski definition) is 3. The van der Waals surface area contributed by atoms with E-state index in [0.717, 1.165) is 11.3 Å². The van der Waals surface area contributed by atoms with Gasteiger partial charge in [0.1, 0.15) is 5.75 Å². The molecular weight excluding hydrogens is 296 g/mol. The van der Waals surface area contributed by atoms with Crippen LogP contribution >= 0.6 is 0 Å². The predicted molar refractivity (Wildman–Crippen MR) is 98.2 cm³/mol. The van der Waals surface area contributed by atoms with E-state index in [2.05, 4.69) is 47.6 Å². The third kappa shape index (κ3) is 2.88. The lowest BCUT2D eigenvalue weighted by Crippen LogP contribution is -2.08. The van der Waals surface area contributed by atoms with Crippen LogP contribution in [-0.4, -0.2) is 11.0 Å². The van der Waals surface area contributed by atoms with Crippen LogP contribution in [0.5, 0.6) is 11.6 Å². The first-order valence-electron chi connectivity index (χ1n) is 8.06. The lowest BCUT2D eigenvalue weighted by Gasteiger charge is -2.07. The molecule has 1 aromatic heterocycles. The van der Waals surface area contributed by atoms with Gasteiger partial charge in [-0.05, 0) is 48.4 Å². The molecule has 0 aliphatic carbocycles. The van der Waals surface area contributed by atoms with Crippen LogP contribution in [0.15, 0.2) is 72.9 Å². The van der Waals surface area contributed by atoms with Crippen LogP contribution in [0.2, 0.25) is 0 Å². The molecule has 0 saturated carbocycles. The van der Waals surface area contributed by atoms with Crippen molar-refractivity contribution in [2.45, 2.75) is 13.0 Å². The Morgan fingerprint density at radius 3 is 2.54 bits per heavy atom. The molecule has 1 atom stereocenters. The molecule has 3 nitrogen and oxygen atoms in total. The van der Waals surface area contributed by atoms with E-state index in [9.17, 15) is 0 Å². The van der Waals surface area contributed by atoms with Gasteiger partial charge >= 0.3 is 0 Å². The van der Waals surface area contributed by atoms with Crippen molar-refractivity contribution < 1.29 is 4.74 Å². The first-order chi connectivity index (χ1) is 11.8. The highest BCUT2D eigenvalue weighted by Gasteiger charge is 2.21. The molecule has 0 bridgehead atoms. The third-order valence-corrected chi connectivity index (χ3v) is 4.12. The second-order valence-corrected chi connectivity index (χ2v) is 5.86. The van der Waals surface area contributed by atoms with Crippen LogP contribution in [0.1, 0.15) is 18.1 Å². The minimum Gasteiger partial charge on any atom is -0.439 e. The van der Waals surface area contributed by atoms with E-state index in [-0.39, 0.29) is 0 Å². The van der Waals surface area contributed by atoms with E-state index >= 15 is 0 Å². The van der Waals surface area contributed by atoms with Gasteiger partial charge in [0.2, 0.25) is 5.88 Å². The topological polar surface area (TPSA) is 34.1 Å². The molecule has 24 heavy (non-hydrogen) atoms. The van der Waals surface area contributed by atoms with Crippen molar-refractivity contribution in [2.75, 3.05) is 5.32 Å². The molecule has 0 radical (unpaired) electrons. The first kappa shape index (κ1) is 14.5. The van der Waals surface area contributed by atoms with Gasteiger partial charge in [0.15, 0.2) is 0 Å². The molecule has 2 aromatic carbocycles. The molecule has 0 fully saturated rings. The number of ether oxygens (including phenoxy) is 1. The van der Waals surface area contributed by atoms with Gasteiger partial charge in [0.25, 0.3) is 0 Å². The van der Waals surface area contributed by atoms with Crippen molar-refractivity contribution in [3.63, 3.8) is 0 Å². The molecule has 118 valence electrons. The van der Waals surface area contributed by atoms with Crippen molar-refractivity contribution in [3.8, 4) is 11.6 Å². The van der Waals surface area contributed by atoms with Crippen molar-refractivity contribution in [1.82, 2.24) is 4.98 Å². The molecule has 0 amide bonds. The number of pyridine rings is 1. The average Bonchev–Trinajstić information content (AvgIpc) is 2.93. The molecule has 1 aliphatic heterocycles. The molecule has 0 saturated heterocycles. The molecule has 1 unspecified atom stereocenters. The average molecular weight is 314 g/mol. The first-order valence-corrected chi connectivity index (χ1v) is 8.06. The summed E-state index contributed by atoms with van der Waals surface area (Å²) in [7, 11) is 0. The van der Waals surface area contributed by atoms with Crippen LogP contribution in [0, 0.1) is 0 Å². The summed E-state index contributed by atoms with van der Waals surface area (Å²) in [6.45, 7) is 2.17. The number of nitrogens with one attached hydrogen (secondary N) is 1. The summed E-state index contributed by atoms with van der Waals surface area (Å²) in [6.07, 6.45) is 4.03. The van der Waals surface area contributed by atoms with Crippen molar-refractivity contribution in [3.05, 3.63) is 84.1 Å². The van der Waals surface area contributed by atoms with E-state index in [1.165, 1.54) is 16.8 Å². The zero-order chi connectivity index (χ0) is 16.4. The van der Waals surface area contributed by atoms with Crippen LogP contribution in [0.25, 0.3) is 11.6 Å². The minimum absolute atomic E-state index is 0.294. The Bertz CT molecular complexity index is 870. The monoisotopic (exact) mass is 314 g/mol. The molecule has 3 heteroatoms. The fraction of sp³-hybridized carbons (Fsp3) is 0.0952. The van der Waals surface area contributed by atoms with Crippen molar-refractivity contribution in [1.29, 1.82) is 0 Å². The Labute approximate surface area is 141 Å². The number of rotatable bonds is 3. The van der Waals surface area contributed by atoms with E-state index in [0.29, 0.717) is 11.9 Å². The fourth-order valence-electron chi connectivity index (χ4n) is 2.93.